The van der Waals surface area contributed by atoms with Crippen LogP contribution in [0.5, 0.6) is 0 Å². The van der Waals surface area contributed by atoms with Crippen LogP contribution in [-0.2, 0) is 11.3 Å². The van der Waals surface area contributed by atoms with Gasteiger partial charge in [-0.3, -0.25) is 14.5 Å². The highest BCUT2D eigenvalue weighted by atomic mass is 35.5. The van der Waals surface area contributed by atoms with Gasteiger partial charge in [0.25, 0.3) is 11.1 Å². The number of aryl methyl sites for hydroxylation is 1. The molecule has 1 aliphatic heterocycles. The average molecular weight is 352 g/mol. The number of nitrogens with zero attached hydrogens (tertiary/aromatic N) is 1. The van der Waals surface area contributed by atoms with Crippen LogP contribution in [0.15, 0.2) is 39.7 Å². The van der Waals surface area contributed by atoms with Crippen LogP contribution < -0.4 is 0 Å². The third-order valence-electron chi connectivity index (χ3n) is 3.25. The minimum absolute atomic E-state index is 0.00168. The summed E-state index contributed by atoms with van der Waals surface area (Å²) in [7, 11) is 0. The molecular formula is C16H11ClFNO3S. The Morgan fingerprint density at radius 2 is 2.09 bits per heavy atom. The van der Waals surface area contributed by atoms with E-state index in [4.69, 9.17) is 16.0 Å². The van der Waals surface area contributed by atoms with E-state index < -0.39 is 17.0 Å². The van der Waals surface area contributed by atoms with Gasteiger partial charge in [0.15, 0.2) is 0 Å². The number of carbonyl (C=O) groups is 2. The second-order valence-electron chi connectivity index (χ2n) is 4.95. The number of carbonyl (C=O) groups excluding carboxylic acids is 2. The van der Waals surface area contributed by atoms with Crippen LogP contribution in [0.25, 0.3) is 6.08 Å². The molecule has 118 valence electrons. The molecule has 0 N–H and O–H groups in total. The molecule has 1 aromatic carbocycles. The van der Waals surface area contributed by atoms with Crippen molar-refractivity contribution in [3.05, 3.63) is 63.2 Å². The topological polar surface area (TPSA) is 50.5 Å². The Balaban J connectivity index is 1.82. The van der Waals surface area contributed by atoms with Crippen molar-refractivity contribution in [1.29, 1.82) is 0 Å². The van der Waals surface area contributed by atoms with Gasteiger partial charge in [0, 0.05) is 11.1 Å². The Labute approximate surface area is 140 Å². The molecule has 0 radical (unpaired) electrons. The van der Waals surface area contributed by atoms with E-state index in [9.17, 15) is 14.0 Å². The zero-order valence-corrected chi connectivity index (χ0v) is 13.6. The largest absolute Gasteiger partial charge is 0.462 e. The van der Waals surface area contributed by atoms with Crippen molar-refractivity contribution >= 4 is 40.6 Å². The van der Waals surface area contributed by atoms with Crippen LogP contribution in [0.2, 0.25) is 5.02 Å². The quantitative estimate of drug-likeness (QED) is 0.757. The summed E-state index contributed by atoms with van der Waals surface area (Å²) in [5.41, 5.74) is 0.505. The van der Waals surface area contributed by atoms with E-state index >= 15 is 0 Å². The normalized spacial score (nSPS) is 16.7. The minimum Gasteiger partial charge on any atom is -0.462 e. The molecule has 2 amide bonds. The fourth-order valence-electron chi connectivity index (χ4n) is 2.12. The number of hydrogen-bond acceptors (Lipinski definition) is 4. The van der Waals surface area contributed by atoms with Crippen LogP contribution in [0.4, 0.5) is 9.18 Å². The molecule has 4 nitrogen and oxygen atoms in total. The second-order valence-corrected chi connectivity index (χ2v) is 6.35. The third-order valence-corrected chi connectivity index (χ3v) is 4.51. The number of imide groups is 1. The van der Waals surface area contributed by atoms with E-state index in [1.807, 2.05) is 0 Å². The van der Waals surface area contributed by atoms with Gasteiger partial charge in [-0.25, -0.2) is 4.39 Å². The maximum Gasteiger partial charge on any atom is 0.293 e. The molecule has 7 heteroatoms. The second kappa shape index (κ2) is 6.22. The number of thioether (sulfide) groups is 1. The Morgan fingerprint density at radius 1 is 1.30 bits per heavy atom. The number of amides is 2. The SMILES string of the molecule is Cc1ccc(/C=C2/SC(=O)N(Cc3ccc(F)cc3Cl)C2=O)o1. The monoisotopic (exact) mass is 351 g/mol. The van der Waals surface area contributed by atoms with Gasteiger partial charge in [0.1, 0.15) is 17.3 Å². The zero-order chi connectivity index (χ0) is 16.6. The number of furan rings is 1. The summed E-state index contributed by atoms with van der Waals surface area (Å²) in [4.78, 5) is 25.8. The first-order chi connectivity index (χ1) is 10.9. The molecule has 0 spiro atoms. The van der Waals surface area contributed by atoms with Crippen LogP contribution in [-0.4, -0.2) is 16.0 Å². The van der Waals surface area contributed by atoms with Gasteiger partial charge in [0.2, 0.25) is 0 Å². The predicted octanol–water partition coefficient (Wildman–Crippen LogP) is 4.62. The van der Waals surface area contributed by atoms with Crippen LogP contribution in [0.1, 0.15) is 17.1 Å². The van der Waals surface area contributed by atoms with Gasteiger partial charge in [-0.15, -0.1) is 0 Å². The van der Waals surface area contributed by atoms with Gasteiger partial charge in [-0.2, -0.15) is 0 Å². The first-order valence-electron chi connectivity index (χ1n) is 6.70. The van der Waals surface area contributed by atoms with E-state index in [0.717, 1.165) is 22.7 Å². The van der Waals surface area contributed by atoms with Gasteiger partial charge in [-0.1, -0.05) is 17.7 Å². The molecular weight excluding hydrogens is 341 g/mol. The summed E-state index contributed by atoms with van der Waals surface area (Å²) < 4.78 is 18.4. The fraction of sp³-hybridized carbons (Fsp3) is 0.125. The van der Waals surface area contributed by atoms with Gasteiger partial charge in [0.05, 0.1) is 11.4 Å². The summed E-state index contributed by atoms with van der Waals surface area (Å²) in [6.45, 7) is 1.79. The summed E-state index contributed by atoms with van der Waals surface area (Å²) in [6.07, 6.45) is 1.53. The summed E-state index contributed by atoms with van der Waals surface area (Å²) in [5.74, 6) is 0.330. The van der Waals surface area contributed by atoms with Crippen LogP contribution in [0.3, 0.4) is 0 Å². The number of hydrogen-bond donors (Lipinski definition) is 0. The van der Waals surface area contributed by atoms with Crippen molar-refractivity contribution < 1.29 is 18.4 Å². The lowest BCUT2D eigenvalue weighted by molar-refractivity contribution is -0.123. The molecule has 0 unspecified atom stereocenters. The van der Waals surface area contributed by atoms with Crippen molar-refractivity contribution in [2.75, 3.05) is 0 Å². The number of rotatable bonds is 3. The highest BCUT2D eigenvalue weighted by molar-refractivity contribution is 8.18. The van der Waals surface area contributed by atoms with Gasteiger partial charge >= 0.3 is 0 Å². The Hall–Kier alpha value is -2.05. The molecule has 1 fully saturated rings. The van der Waals surface area contributed by atoms with E-state index in [1.54, 1.807) is 19.1 Å². The first-order valence-corrected chi connectivity index (χ1v) is 7.89. The van der Waals surface area contributed by atoms with Crippen molar-refractivity contribution in [2.24, 2.45) is 0 Å². The molecule has 3 rings (SSSR count). The highest BCUT2D eigenvalue weighted by Gasteiger charge is 2.35. The molecule has 0 saturated carbocycles. The lowest BCUT2D eigenvalue weighted by atomic mass is 10.2. The Kier molecular flexibility index (Phi) is 4.28. The maximum atomic E-state index is 13.1. The van der Waals surface area contributed by atoms with Crippen molar-refractivity contribution in [2.45, 2.75) is 13.5 Å². The van der Waals surface area contributed by atoms with E-state index in [2.05, 4.69) is 0 Å². The molecule has 2 aromatic rings. The van der Waals surface area contributed by atoms with Crippen molar-refractivity contribution in [3.63, 3.8) is 0 Å². The molecule has 0 atom stereocenters. The van der Waals surface area contributed by atoms with Crippen molar-refractivity contribution in [3.8, 4) is 0 Å². The van der Waals surface area contributed by atoms with E-state index in [1.165, 1.54) is 18.2 Å². The van der Waals surface area contributed by atoms with Crippen LogP contribution in [0, 0.1) is 12.7 Å². The number of benzene rings is 1. The smallest absolute Gasteiger partial charge is 0.293 e. The average Bonchev–Trinajstić information content (AvgIpc) is 3.00. The Morgan fingerprint density at radius 3 is 2.74 bits per heavy atom. The zero-order valence-electron chi connectivity index (χ0n) is 12.0. The minimum atomic E-state index is -0.471. The van der Waals surface area contributed by atoms with Crippen LogP contribution >= 0.6 is 23.4 Å². The molecule has 23 heavy (non-hydrogen) atoms. The third kappa shape index (κ3) is 3.33. The predicted molar refractivity (Wildman–Crippen MR) is 86.4 cm³/mol. The first kappa shape index (κ1) is 15.8. The number of halogens is 2. The van der Waals surface area contributed by atoms with E-state index in [-0.39, 0.29) is 16.5 Å². The molecule has 0 bridgehead atoms. The van der Waals surface area contributed by atoms with Gasteiger partial charge in [-0.05, 0) is 48.5 Å². The highest BCUT2D eigenvalue weighted by Crippen LogP contribution is 2.34. The molecule has 1 saturated heterocycles. The molecule has 1 aromatic heterocycles. The summed E-state index contributed by atoms with van der Waals surface area (Å²) >= 11 is 6.78. The Bertz CT molecular complexity index is 830. The fourth-order valence-corrected chi connectivity index (χ4v) is 3.16. The molecule has 2 heterocycles. The maximum absolute atomic E-state index is 13.1. The van der Waals surface area contributed by atoms with Gasteiger partial charge < -0.3 is 4.42 Å². The molecule has 1 aliphatic rings. The lowest BCUT2D eigenvalue weighted by Gasteiger charge is -2.13. The van der Waals surface area contributed by atoms with E-state index in [0.29, 0.717) is 17.1 Å². The lowest BCUT2D eigenvalue weighted by Crippen LogP contribution is -2.27. The molecule has 0 aliphatic carbocycles. The summed E-state index contributed by atoms with van der Waals surface area (Å²) in [5, 5.41) is -0.223. The standard InChI is InChI=1S/C16H11ClFNO3S/c1-9-2-5-12(22-9)7-14-15(20)19(16(21)23-14)8-10-3-4-11(18)6-13(10)17/h2-7H,8H2,1H3/b14-7+. The van der Waals surface area contributed by atoms with Crippen molar-refractivity contribution in [1.82, 2.24) is 4.90 Å². The summed E-state index contributed by atoms with van der Waals surface area (Å²) in [6, 6.07) is 7.34.